The zero-order chi connectivity index (χ0) is 13.4. The van der Waals surface area contributed by atoms with E-state index in [0.29, 0.717) is 6.04 Å². The molecular weight excluding hydrogens is 232 g/mol. The summed E-state index contributed by atoms with van der Waals surface area (Å²) in [6.07, 6.45) is 2.55. The summed E-state index contributed by atoms with van der Waals surface area (Å²) in [6, 6.07) is 11.4. The number of fused-ring (bicyclic) bond motifs is 2. The van der Waals surface area contributed by atoms with E-state index in [9.17, 15) is 0 Å². The lowest BCUT2D eigenvalue weighted by molar-refractivity contribution is -0.0835. The highest BCUT2D eigenvalue weighted by Gasteiger charge is 2.44. The van der Waals surface area contributed by atoms with Gasteiger partial charge in [0, 0.05) is 37.8 Å². The number of piperazine rings is 1. The molecule has 2 aliphatic rings. The zero-order valence-electron chi connectivity index (χ0n) is 12.5. The first-order valence-corrected chi connectivity index (χ1v) is 7.75. The SMILES string of the molecule is CCc1cccc(CN2C3CC2CN(C(C)C)C3)c1. The van der Waals surface area contributed by atoms with E-state index in [1.165, 1.54) is 30.6 Å². The van der Waals surface area contributed by atoms with E-state index in [1.807, 2.05) is 0 Å². The van der Waals surface area contributed by atoms with Gasteiger partial charge >= 0.3 is 0 Å². The molecule has 104 valence electrons. The number of aryl methyl sites for hydroxylation is 1. The van der Waals surface area contributed by atoms with Crippen LogP contribution in [0, 0.1) is 0 Å². The highest BCUT2D eigenvalue weighted by molar-refractivity contribution is 5.24. The second-order valence-corrected chi connectivity index (χ2v) is 6.44. The topological polar surface area (TPSA) is 6.48 Å². The Morgan fingerprint density at radius 1 is 1.16 bits per heavy atom. The second kappa shape index (κ2) is 5.26. The van der Waals surface area contributed by atoms with E-state index in [1.54, 1.807) is 0 Å². The fourth-order valence-corrected chi connectivity index (χ4v) is 3.56. The first-order chi connectivity index (χ1) is 9.17. The Labute approximate surface area is 117 Å². The fraction of sp³-hybridized carbons (Fsp3) is 0.647. The molecule has 1 aromatic rings. The lowest BCUT2D eigenvalue weighted by atomic mass is 9.86. The molecule has 0 radical (unpaired) electrons. The number of nitrogens with zero attached hydrogens (tertiary/aromatic N) is 2. The summed E-state index contributed by atoms with van der Waals surface area (Å²) < 4.78 is 0. The quantitative estimate of drug-likeness (QED) is 0.819. The van der Waals surface area contributed by atoms with Gasteiger partial charge in [0.05, 0.1) is 0 Å². The Balaban J connectivity index is 1.63. The fourth-order valence-electron chi connectivity index (χ4n) is 3.56. The first kappa shape index (κ1) is 13.1. The van der Waals surface area contributed by atoms with E-state index in [2.05, 4.69) is 54.8 Å². The summed E-state index contributed by atoms with van der Waals surface area (Å²) in [5, 5.41) is 0. The minimum absolute atomic E-state index is 0.705. The summed E-state index contributed by atoms with van der Waals surface area (Å²) >= 11 is 0. The van der Waals surface area contributed by atoms with Crippen molar-refractivity contribution < 1.29 is 0 Å². The Bertz CT molecular complexity index is 429. The van der Waals surface area contributed by atoms with Gasteiger partial charge in [-0.3, -0.25) is 9.80 Å². The lowest BCUT2D eigenvalue weighted by Gasteiger charge is -2.57. The number of benzene rings is 1. The molecule has 3 rings (SSSR count). The molecule has 2 heteroatoms. The molecule has 2 fully saturated rings. The van der Waals surface area contributed by atoms with E-state index >= 15 is 0 Å². The van der Waals surface area contributed by atoms with Crippen LogP contribution >= 0.6 is 0 Å². The van der Waals surface area contributed by atoms with Gasteiger partial charge in [-0.15, -0.1) is 0 Å². The van der Waals surface area contributed by atoms with Crippen LogP contribution in [-0.4, -0.2) is 41.0 Å². The van der Waals surface area contributed by atoms with Crippen LogP contribution in [0.25, 0.3) is 0 Å². The van der Waals surface area contributed by atoms with Crippen molar-refractivity contribution in [1.82, 2.24) is 9.80 Å². The van der Waals surface area contributed by atoms with Crippen LogP contribution < -0.4 is 0 Å². The predicted molar refractivity (Wildman–Crippen MR) is 80.3 cm³/mol. The van der Waals surface area contributed by atoms with E-state index < -0.39 is 0 Å². The molecule has 0 N–H and O–H groups in total. The normalized spacial score (nSPS) is 27.6. The van der Waals surface area contributed by atoms with Crippen molar-refractivity contribution in [3.63, 3.8) is 0 Å². The summed E-state index contributed by atoms with van der Waals surface area (Å²) in [7, 11) is 0. The van der Waals surface area contributed by atoms with Gasteiger partial charge in [0.15, 0.2) is 0 Å². The highest BCUT2D eigenvalue weighted by Crippen LogP contribution is 2.34. The largest absolute Gasteiger partial charge is 0.298 e. The van der Waals surface area contributed by atoms with Crippen LogP contribution in [-0.2, 0) is 13.0 Å². The average molecular weight is 258 g/mol. The third kappa shape index (κ3) is 2.56. The molecule has 2 heterocycles. The molecule has 2 atom stereocenters. The van der Waals surface area contributed by atoms with Crippen molar-refractivity contribution in [2.24, 2.45) is 0 Å². The first-order valence-electron chi connectivity index (χ1n) is 7.75. The number of rotatable bonds is 4. The number of hydrogen-bond acceptors (Lipinski definition) is 2. The van der Waals surface area contributed by atoms with Gasteiger partial charge in [0.25, 0.3) is 0 Å². The molecule has 0 aromatic heterocycles. The Morgan fingerprint density at radius 3 is 2.47 bits per heavy atom. The van der Waals surface area contributed by atoms with Gasteiger partial charge in [-0.1, -0.05) is 31.2 Å². The standard InChI is InChI=1S/C17H26N2/c1-4-14-6-5-7-15(8-14)10-19-16-9-17(19)12-18(11-16)13(2)3/h5-8,13,16-17H,4,9-12H2,1-3H3. The Morgan fingerprint density at radius 2 is 1.84 bits per heavy atom. The van der Waals surface area contributed by atoms with Gasteiger partial charge in [-0.05, 0) is 37.8 Å². The van der Waals surface area contributed by atoms with E-state index in [4.69, 9.17) is 0 Å². The van der Waals surface area contributed by atoms with Crippen LogP contribution in [0.15, 0.2) is 24.3 Å². The van der Waals surface area contributed by atoms with Crippen LogP contribution in [0.2, 0.25) is 0 Å². The van der Waals surface area contributed by atoms with Crippen molar-refractivity contribution in [2.45, 2.75) is 58.3 Å². The van der Waals surface area contributed by atoms with Gasteiger partial charge in [0.2, 0.25) is 0 Å². The summed E-state index contributed by atoms with van der Waals surface area (Å²) in [5.41, 5.74) is 2.96. The second-order valence-electron chi connectivity index (χ2n) is 6.44. The predicted octanol–water partition coefficient (Wildman–Crippen LogP) is 2.92. The van der Waals surface area contributed by atoms with Crippen LogP contribution in [0.3, 0.4) is 0 Å². The van der Waals surface area contributed by atoms with Crippen molar-refractivity contribution in [2.75, 3.05) is 13.1 Å². The number of hydrogen-bond donors (Lipinski definition) is 0. The van der Waals surface area contributed by atoms with E-state index in [0.717, 1.165) is 25.0 Å². The third-order valence-corrected chi connectivity index (χ3v) is 4.87. The van der Waals surface area contributed by atoms with Crippen LogP contribution in [0.1, 0.15) is 38.3 Å². The van der Waals surface area contributed by atoms with Crippen molar-refractivity contribution in [3.05, 3.63) is 35.4 Å². The Kier molecular flexibility index (Phi) is 3.64. The minimum Gasteiger partial charge on any atom is -0.298 e. The molecule has 0 aliphatic carbocycles. The van der Waals surface area contributed by atoms with Crippen molar-refractivity contribution in [3.8, 4) is 0 Å². The maximum atomic E-state index is 2.72. The van der Waals surface area contributed by atoms with Gasteiger partial charge in [-0.2, -0.15) is 0 Å². The van der Waals surface area contributed by atoms with Crippen molar-refractivity contribution in [1.29, 1.82) is 0 Å². The smallest absolute Gasteiger partial charge is 0.0245 e. The van der Waals surface area contributed by atoms with Crippen LogP contribution in [0.4, 0.5) is 0 Å². The molecule has 2 nitrogen and oxygen atoms in total. The monoisotopic (exact) mass is 258 g/mol. The molecule has 0 spiro atoms. The summed E-state index contributed by atoms with van der Waals surface area (Å²) in [5.74, 6) is 0. The van der Waals surface area contributed by atoms with Gasteiger partial charge in [0.1, 0.15) is 0 Å². The molecule has 2 unspecified atom stereocenters. The van der Waals surface area contributed by atoms with Crippen LogP contribution in [0.5, 0.6) is 0 Å². The van der Waals surface area contributed by atoms with E-state index in [-0.39, 0.29) is 0 Å². The molecule has 1 aromatic carbocycles. The molecule has 19 heavy (non-hydrogen) atoms. The molecule has 2 bridgehead atoms. The molecule has 0 saturated carbocycles. The Hall–Kier alpha value is -0.860. The molecule has 0 amide bonds. The summed E-state index contributed by atoms with van der Waals surface area (Å²) in [6.45, 7) is 10.6. The summed E-state index contributed by atoms with van der Waals surface area (Å²) in [4.78, 5) is 5.35. The van der Waals surface area contributed by atoms with Crippen molar-refractivity contribution >= 4 is 0 Å². The number of piperidine rings is 1. The lowest BCUT2D eigenvalue weighted by Crippen LogP contribution is -2.68. The molecular formula is C17H26N2. The third-order valence-electron chi connectivity index (χ3n) is 4.87. The van der Waals surface area contributed by atoms with Gasteiger partial charge < -0.3 is 0 Å². The number of likely N-dealkylation sites (tertiary alicyclic amines) is 2. The maximum Gasteiger partial charge on any atom is 0.0245 e. The molecule has 2 aliphatic heterocycles. The average Bonchev–Trinajstić information content (AvgIpc) is 2.45. The minimum atomic E-state index is 0.705. The van der Waals surface area contributed by atoms with Gasteiger partial charge in [-0.25, -0.2) is 0 Å². The molecule has 2 saturated heterocycles. The maximum absolute atomic E-state index is 2.72. The highest BCUT2D eigenvalue weighted by atomic mass is 15.4. The zero-order valence-corrected chi connectivity index (χ0v) is 12.5.